The standard InChI is InChI=1S/C14H19F2N/c1-9-7-11(13(16)8-12(9)15)14(17-2)6-5-10-3-4-10/h7-8,10,14,17H,3-6H2,1-2H3. The summed E-state index contributed by atoms with van der Waals surface area (Å²) in [5.74, 6) is -0.0815. The third-order valence-electron chi connectivity index (χ3n) is 3.56. The first-order valence-corrected chi connectivity index (χ1v) is 6.24. The summed E-state index contributed by atoms with van der Waals surface area (Å²) in [6, 6.07) is 2.61. The average Bonchev–Trinajstić information content (AvgIpc) is 3.09. The minimum absolute atomic E-state index is 0.00472. The molecule has 1 N–H and O–H groups in total. The van der Waals surface area contributed by atoms with Gasteiger partial charge in [-0.1, -0.05) is 12.8 Å². The largest absolute Gasteiger partial charge is 0.313 e. The Bertz CT molecular complexity index is 399. The number of halogens is 2. The Hall–Kier alpha value is -0.960. The topological polar surface area (TPSA) is 12.0 Å². The van der Waals surface area contributed by atoms with E-state index in [0.717, 1.165) is 24.8 Å². The van der Waals surface area contributed by atoms with Crippen molar-refractivity contribution in [1.82, 2.24) is 5.32 Å². The molecule has 0 amide bonds. The van der Waals surface area contributed by atoms with Crippen molar-refractivity contribution in [2.75, 3.05) is 7.05 Å². The van der Waals surface area contributed by atoms with E-state index in [0.29, 0.717) is 11.1 Å². The molecule has 0 aromatic heterocycles. The Morgan fingerprint density at radius 1 is 1.29 bits per heavy atom. The van der Waals surface area contributed by atoms with Crippen LogP contribution in [0.5, 0.6) is 0 Å². The van der Waals surface area contributed by atoms with Crippen LogP contribution in [0.25, 0.3) is 0 Å². The summed E-state index contributed by atoms with van der Waals surface area (Å²) in [7, 11) is 1.83. The molecule has 1 aliphatic rings. The quantitative estimate of drug-likeness (QED) is 0.825. The smallest absolute Gasteiger partial charge is 0.130 e. The molecule has 0 saturated heterocycles. The zero-order valence-corrected chi connectivity index (χ0v) is 10.4. The van der Waals surface area contributed by atoms with E-state index in [-0.39, 0.29) is 6.04 Å². The van der Waals surface area contributed by atoms with E-state index in [1.54, 1.807) is 13.0 Å². The lowest BCUT2D eigenvalue weighted by atomic mass is 9.98. The summed E-state index contributed by atoms with van der Waals surface area (Å²) in [5.41, 5.74) is 1.10. The molecule has 0 spiro atoms. The van der Waals surface area contributed by atoms with Crippen LogP contribution in [0.3, 0.4) is 0 Å². The van der Waals surface area contributed by atoms with Crippen LogP contribution in [0.15, 0.2) is 12.1 Å². The molecule has 0 heterocycles. The van der Waals surface area contributed by atoms with Crippen molar-refractivity contribution in [1.29, 1.82) is 0 Å². The summed E-state index contributed by atoms with van der Waals surface area (Å²) in [4.78, 5) is 0. The Kier molecular flexibility index (Phi) is 3.77. The number of rotatable bonds is 5. The number of aryl methyl sites for hydroxylation is 1. The summed E-state index contributed by atoms with van der Waals surface area (Å²) >= 11 is 0. The molecule has 0 bridgehead atoms. The predicted octanol–water partition coefficient (Wildman–Crippen LogP) is 3.72. The first kappa shape index (κ1) is 12.5. The first-order chi connectivity index (χ1) is 8.11. The normalized spacial score (nSPS) is 17.2. The van der Waals surface area contributed by atoms with Gasteiger partial charge >= 0.3 is 0 Å². The van der Waals surface area contributed by atoms with E-state index < -0.39 is 11.6 Å². The fourth-order valence-corrected chi connectivity index (χ4v) is 2.21. The molecule has 1 atom stereocenters. The molecule has 1 saturated carbocycles. The molecular weight excluding hydrogens is 220 g/mol. The van der Waals surface area contributed by atoms with Crippen LogP contribution in [-0.2, 0) is 0 Å². The summed E-state index contributed by atoms with van der Waals surface area (Å²) < 4.78 is 26.9. The summed E-state index contributed by atoms with van der Waals surface area (Å²) in [6.07, 6.45) is 4.66. The monoisotopic (exact) mass is 239 g/mol. The van der Waals surface area contributed by atoms with Gasteiger partial charge in [-0.25, -0.2) is 8.78 Å². The summed E-state index contributed by atoms with van der Waals surface area (Å²) in [6.45, 7) is 1.67. The molecule has 1 fully saturated rings. The first-order valence-electron chi connectivity index (χ1n) is 6.24. The van der Waals surface area contributed by atoms with E-state index in [1.165, 1.54) is 12.8 Å². The second kappa shape index (κ2) is 5.13. The highest BCUT2D eigenvalue weighted by Gasteiger charge is 2.24. The lowest BCUT2D eigenvalue weighted by Crippen LogP contribution is -2.18. The SMILES string of the molecule is CNC(CCC1CC1)c1cc(C)c(F)cc1F. The van der Waals surface area contributed by atoms with Crippen molar-refractivity contribution in [2.45, 2.75) is 38.6 Å². The highest BCUT2D eigenvalue weighted by Crippen LogP contribution is 2.36. The fourth-order valence-electron chi connectivity index (χ4n) is 2.21. The van der Waals surface area contributed by atoms with Crippen LogP contribution < -0.4 is 5.32 Å². The Morgan fingerprint density at radius 2 is 2.00 bits per heavy atom. The molecule has 94 valence electrons. The van der Waals surface area contributed by atoms with Crippen LogP contribution in [0, 0.1) is 24.5 Å². The molecule has 1 aromatic rings. The lowest BCUT2D eigenvalue weighted by molar-refractivity contribution is 0.475. The zero-order chi connectivity index (χ0) is 12.4. The Balaban J connectivity index is 2.13. The number of nitrogens with one attached hydrogen (secondary N) is 1. The van der Waals surface area contributed by atoms with Crippen LogP contribution >= 0.6 is 0 Å². The number of benzene rings is 1. The van der Waals surface area contributed by atoms with Gasteiger partial charge < -0.3 is 5.32 Å². The van der Waals surface area contributed by atoms with Gasteiger partial charge in [0.1, 0.15) is 11.6 Å². The molecule has 0 aliphatic heterocycles. The third kappa shape index (κ3) is 3.03. The molecule has 3 heteroatoms. The number of hydrogen-bond acceptors (Lipinski definition) is 1. The minimum Gasteiger partial charge on any atom is -0.313 e. The van der Waals surface area contributed by atoms with Gasteiger partial charge in [0.05, 0.1) is 0 Å². The Morgan fingerprint density at radius 3 is 2.59 bits per heavy atom. The third-order valence-corrected chi connectivity index (χ3v) is 3.56. The molecule has 2 rings (SSSR count). The second-order valence-corrected chi connectivity index (χ2v) is 4.98. The molecule has 1 aromatic carbocycles. The van der Waals surface area contributed by atoms with Gasteiger partial charge in [0.15, 0.2) is 0 Å². The maximum Gasteiger partial charge on any atom is 0.130 e. The van der Waals surface area contributed by atoms with Gasteiger partial charge in [0, 0.05) is 17.7 Å². The second-order valence-electron chi connectivity index (χ2n) is 4.98. The van der Waals surface area contributed by atoms with Crippen LogP contribution in [0.2, 0.25) is 0 Å². The molecule has 1 aliphatic carbocycles. The van der Waals surface area contributed by atoms with Gasteiger partial charge in [-0.15, -0.1) is 0 Å². The van der Waals surface area contributed by atoms with Gasteiger partial charge in [-0.3, -0.25) is 0 Å². The van der Waals surface area contributed by atoms with E-state index in [9.17, 15) is 8.78 Å². The molecule has 17 heavy (non-hydrogen) atoms. The van der Waals surface area contributed by atoms with Gasteiger partial charge in [-0.2, -0.15) is 0 Å². The van der Waals surface area contributed by atoms with Gasteiger partial charge in [0.25, 0.3) is 0 Å². The van der Waals surface area contributed by atoms with Crippen molar-refractivity contribution in [2.24, 2.45) is 5.92 Å². The highest BCUT2D eigenvalue weighted by molar-refractivity contribution is 5.28. The molecular formula is C14H19F2N. The van der Waals surface area contributed by atoms with E-state index in [2.05, 4.69) is 5.32 Å². The van der Waals surface area contributed by atoms with Crippen molar-refractivity contribution in [3.63, 3.8) is 0 Å². The average molecular weight is 239 g/mol. The fraction of sp³-hybridized carbons (Fsp3) is 0.571. The van der Waals surface area contributed by atoms with E-state index >= 15 is 0 Å². The van der Waals surface area contributed by atoms with Crippen molar-refractivity contribution >= 4 is 0 Å². The molecule has 1 unspecified atom stereocenters. The molecule has 1 nitrogen and oxygen atoms in total. The predicted molar refractivity (Wildman–Crippen MR) is 64.9 cm³/mol. The maximum absolute atomic E-state index is 13.7. The van der Waals surface area contributed by atoms with Crippen molar-refractivity contribution in [3.8, 4) is 0 Å². The summed E-state index contributed by atoms with van der Waals surface area (Å²) in [5, 5.41) is 3.13. The van der Waals surface area contributed by atoms with E-state index in [4.69, 9.17) is 0 Å². The van der Waals surface area contributed by atoms with Gasteiger partial charge in [0.2, 0.25) is 0 Å². The minimum atomic E-state index is -0.469. The van der Waals surface area contributed by atoms with Crippen LogP contribution in [0.1, 0.15) is 42.9 Å². The van der Waals surface area contributed by atoms with Crippen molar-refractivity contribution < 1.29 is 8.78 Å². The van der Waals surface area contributed by atoms with Crippen LogP contribution in [0.4, 0.5) is 8.78 Å². The highest BCUT2D eigenvalue weighted by atomic mass is 19.1. The zero-order valence-electron chi connectivity index (χ0n) is 10.4. The van der Waals surface area contributed by atoms with Crippen molar-refractivity contribution in [3.05, 3.63) is 34.9 Å². The maximum atomic E-state index is 13.7. The lowest BCUT2D eigenvalue weighted by Gasteiger charge is -2.18. The van der Waals surface area contributed by atoms with Crippen LogP contribution in [-0.4, -0.2) is 7.05 Å². The van der Waals surface area contributed by atoms with Gasteiger partial charge in [-0.05, 0) is 44.4 Å². The number of hydrogen-bond donors (Lipinski definition) is 1. The Labute approximate surface area is 101 Å². The van der Waals surface area contributed by atoms with E-state index in [1.807, 2.05) is 7.05 Å². The molecule has 0 radical (unpaired) electrons.